The van der Waals surface area contributed by atoms with Gasteiger partial charge >= 0.3 is 0 Å². The van der Waals surface area contributed by atoms with Gasteiger partial charge in [-0.3, -0.25) is 0 Å². The van der Waals surface area contributed by atoms with E-state index in [0.717, 1.165) is 22.6 Å². The van der Waals surface area contributed by atoms with Gasteiger partial charge in [0.1, 0.15) is 5.82 Å². The summed E-state index contributed by atoms with van der Waals surface area (Å²) >= 11 is 13.7. The molecule has 0 atom stereocenters. The molecule has 0 aliphatic heterocycles. The molecule has 0 unspecified atom stereocenters. The highest BCUT2D eigenvalue weighted by Crippen LogP contribution is 2.28. The van der Waals surface area contributed by atoms with Crippen LogP contribution in [0.15, 0.2) is 47.4 Å². The molecule has 96 valence electrons. The lowest BCUT2D eigenvalue weighted by Gasteiger charge is -1.97. The lowest BCUT2D eigenvalue weighted by atomic mass is 10.3. The van der Waals surface area contributed by atoms with Crippen LogP contribution in [0.5, 0.6) is 0 Å². The number of hydrogen-bond acceptors (Lipinski definition) is 2. The molecule has 0 saturated carbocycles. The smallest absolute Gasteiger partial charge is 0.117 e. The predicted molar refractivity (Wildman–Crippen MR) is 82.1 cm³/mol. The summed E-state index contributed by atoms with van der Waals surface area (Å²) in [5, 5.41) is 1.07. The lowest BCUT2D eigenvalue weighted by Crippen LogP contribution is -1.82. The van der Waals surface area contributed by atoms with Crippen molar-refractivity contribution in [1.29, 1.82) is 0 Å². The van der Waals surface area contributed by atoms with E-state index < -0.39 is 0 Å². The summed E-state index contributed by atoms with van der Waals surface area (Å²) in [6.07, 6.45) is 0. The Balaban J connectivity index is 1.82. The van der Waals surface area contributed by atoms with Crippen molar-refractivity contribution in [2.75, 3.05) is 0 Å². The first-order chi connectivity index (χ1) is 9.22. The molecule has 2 nitrogen and oxygen atoms in total. The number of H-pyrrole nitrogens is 1. The molecular weight excluding hydrogens is 299 g/mol. The highest BCUT2D eigenvalue weighted by Gasteiger charge is 2.07. The summed E-state index contributed by atoms with van der Waals surface area (Å²) in [6.45, 7) is 0. The van der Waals surface area contributed by atoms with Crippen LogP contribution in [-0.4, -0.2) is 9.97 Å². The Bertz CT molecular complexity index is 671. The highest BCUT2D eigenvalue weighted by molar-refractivity contribution is 7.98. The van der Waals surface area contributed by atoms with Gasteiger partial charge in [-0.1, -0.05) is 41.4 Å². The van der Waals surface area contributed by atoms with Gasteiger partial charge in [-0.05, 0) is 24.3 Å². The molecule has 0 saturated heterocycles. The third-order valence-electron chi connectivity index (χ3n) is 2.69. The minimum absolute atomic E-state index is 0.530. The molecule has 2 aromatic carbocycles. The van der Waals surface area contributed by atoms with E-state index in [4.69, 9.17) is 23.2 Å². The Labute approximate surface area is 125 Å². The molecule has 1 aromatic heterocycles. The highest BCUT2D eigenvalue weighted by atomic mass is 35.5. The van der Waals surface area contributed by atoms with E-state index >= 15 is 0 Å². The summed E-state index contributed by atoms with van der Waals surface area (Å²) in [5.74, 6) is 1.70. The number of nitrogens with zero attached hydrogens (tertiary/aromatic N) is 1. The van der Waals surface area contributed by atoms with E-state index in [9.17, 15) is 0 Å². The summed E-state index contributed by atoms with van der Waals surface area (Å²) < 4.78 is 0. The maximum Gasteiger partial charge on any atom is 0.117 e. The number of aromatic amines is 1. The van der Waals surface area contributed by atoms with Gasteiger partial charge < -0.3 is 4.98 Å². The number of rotatable bonds is 3. The summed E-state index contributed by atoms with van der Waals surface area (Å²) in [5.41, 5.74) is 1.76. The van der Waals surface area contributed by atoms with Gasteiger partial charge in [0.15, 0.2) is 0 Å². The molecule has 0 amide bonds. The molecule has 0 radical (unpaired) electrons. The fourth-order valence-electron chi connectivity index (χ4n) is 1.79. The van der Waals surface area contributed by atoms with Crippen LogP contribution >= 0.6 is 35.0 Å². The Morgan fingerprint density at radius 2 is 1.79 bits per heavy atom. The fourth-order valence-corrected chi connectivity index (χ4v) is 2.91. The number of nitrogens with one attached hydrogen (secondary N) is 1. The summed E-state index contributed by atoms with van der Waals surface area (Å²) in [4.78, 5) is 8.99. The molecule has 3 rings (SSSR count). The molecule has 0 fully saturated rings. The van der Waals surface area contributed by atoms with Gasteiger partial charge in [-0.2, -0.15) is 0 Å². The quantitative estimate of drug-likeness (QED) is 0.677. The molecule has 1 heterocycles. The second-order valence-electron chi connectivity index (χ2n) is 4.07. The molecule has 1 N–H and O–H groups in total. The number of benzene rings is 2. The van der Waals surface area contributed by atoms with Crippen LogP contribution in [0.1, 0.15) is 5.82 Å². The Morgan fingerprint density at radius 1 is 1.05 bits per heavy atom. The van der Waals surface area contributed by atoms with Gasteiger partial charge in [0.2, 0.25) is 0 Å². The Morgan fingerprint density at radius 3 is 2.58 bits per heavy atom. The average Bonchev–Trinajstić information content (AvgIpc) is 2.80. The maximum atomic E-state index is 5.98. The SMILES string of the molecule is Clc1cc2nc(CSc3ccccc3)[nH]c2cc1Cl. The predicted octanol–water partition coefficient (Wildman–Crippen LogP) is 5.16. The van der Waals surface area contributed by atoms with E-state index in [1.165, 1.54) is 4.90 Å². The standard InChI is InChI=1S/C14H10Cl2N2S/c15-10-6-12-13(7-11(10)16)18-14(17-12)8-19-9-4-2-1-3-5-9/h1-7H,8H2,(H,17,18). The molecule has 0 spiro atoms. The number of imidazole rings is 1. The van der Waals surface area contributed by atoms with Crippen LogP contribution < -0.4 is 0 Å². The van der Waals surface area contributed by atoms with Crippen molar-refractivity contribution in [3.63, 3.8) is 0 Å². The second-order valence-corrected chi connectivity index (χ2v) is 5.93. The van der Waals surface area contributed by atoms with Gasteiger partial charge in [0, 0.05) is 4.90 Å². The van der Waals surface area contributed by atoms with Crippen LogP contribution in [0, 0.1) is 0 Å². The Hall–Kier alpha value is -1.16. The first kappa shape index (κ1) is 12.9. The minimum atomic E-state index is 0.530. The van der Waals surface area contributed by atoms with E-state index in [-0.39, 0.29) is 0 Å². The molecule has 0 aliphatic rings. The van der Waals surface area contributed by atoms with E-state index in [0.29, 0.717) is 10.0 Å². The number of hydrogen-bond donors (Lipinski definition) is 1. The molecule has 5 heteroatoms. The van der Waals surface area contributed by atoms with Crippen molar-refractivity contribution in [3.05, 3.63) is 58.3 Å². The van der Waals surface area contributed by atoms with E-state index in [1.54, 1.807) is 17.8 Å². The minimum Gasteiger partial charge on any atom is -0.341 e. The van der Waals surface area contributed by atoms with Crippen LogP contribution in [0.25, 0.3) is 11.0 Å². The first-order valence-corrected chi connectivity index (χ1v) is 7.48. The number of fused-ring (bicyclic) bond motifs is 1. The second kappa shape index (κ2) is 5.45. The largest absolute Gasteiger partial charge is 0.341 e. The first-order valence-electron chi connectivity index (χ1n) is 5.74. The van der Waals surface area contributed by atoms with E-state index in [2.05, 4.69) is 22.1 Å². The molecule has 0 bridgehead atoms. The van der Waals surface area contributed by atoms with Gasteiger partial charge in [-0.15, -0.1) is 11.8 Å². The normalized spacial score (nSPS) is 11.1. The van der Waals surface area contributed by atoms with Gasteiger partial charge in [0.05, 0.1) is 26.8 Å². The van der Waals surface area contributed by atoms with Gasteiger partial charge in [-0.25, -0.2) is 4.98 Å². The zero-order chi connectivity index (χ0) is 13.2. The molecular formula is C14H10Cl2N2S. The fraction of sp³-hybridized carbons (Fsp3) is 0.0714. The third-order valence-corrected chi connectivity index (χ3v) is 4.44. The zero-order valence-electron chi connectivity index (χ0n) is 9.86. The topological polar surface area (TPSA) is 28.7 Å². The van der Waals surface area contributed by atoms with Crippen molar-refractivity contribution >= 4 is 46.0 Å². The molecule has 19 heavy (non-hydrogen) atoms. The van der Waals surface area contributed by atoms with Crippen LogP contribution in [0.2, 0.25) is 10.0 Å². The van der Waals surface area contributed by atoms with E-state index in [1.807, 2.05) is 24.3 Å². The Kier molecular flexibility index (Phi) is 3.69. The van der Waals surface area contributed by atoms with Crippen molar-refractivity contribution in [2.45, 2.75) is 10.6 Å². The third kappa shape index (κ3) is 2.89. The number of halogens is 2. The van der Waals surface area contributed by atoms with Crippen LogP contribution in [0.3, 0.4) is 0 Å². The summed E-state index contributed by atoms with van der Waals surface area (Å²) in [6, 6.07) is 13.8. The van der Waals surface area contributed by atoms with Crippen molar-refractivity contribution in [1.82, 2.24) is 9.97 Å². The monoisotopic (exact) mass is 308 g/mol. The average molecular weight is 309 g/mol. The number of aromatic nitrogens is 2. The molecule has 3 aromatic rings. The van der Waals surface area contributed by atoms with Gasteiger partial charge in [0.25, 0.3) is 0 Å². The number of thioether (sulfide) groups is 1. The van der Waals surface area contributed by atoms with Crippen LogP contribution in [-0.2, 0) is 5.75 Å². The van der Waals surface area contributed by atoms with Crippen LogP contribution in [0.4, 0.5) is 0 Å². The summed E-state index contributed by atoms with van der Waals surface area (Å²) in [7, 11) is 0. The van der Waals surface area contributed by atoms with Crippen molar-refractivity contribution in [3.8, 4) is 0 Å². The van der Waals surface area contributed by atoms with Crippen molar-refractivity contribution in [2.24, 2.45) is 0 Å². The lowest BCUT2D eigenvalue weighted by molar-refractivity contribution is 1.14. The zero-order valence-corrected chi connectivity index (χ0v) is 12.2. The maximum absolute atomic E-state index is 5.98. The molecule has 0 aliphatic carbocycles. The van der Waals surface area contributed by atoms with Crippen molar-refractivity contribution < 1.29 is 0 Å².